The molecule has 1 aliphatic rings. The van der Waals surface area contributed by atoms with E-state index in [2.05, 4.69) is 25.6 Å². The van der Waals surface area contributed by atoms with E-state index in [9.17, 15) is 0 Å². The number of nitrogens with two attached hydrogens (primary N) is 1. The fourth-order valence-electron chi connectivity index (χ4n) is 2.16. The topological polar surface area (TPSA) is 116 Å². The number of nitrogens with one attached hydrogen (secondary N) is 2. The summed E-state index contributed by atoms with van der Waals surface area (Å²) in [5.41, 5.74) is 5.32. The van der Waals surface area contributed by atoms with Gasteiger partial charge >= 0.3 is 0 Å². The Balaban J connectivity index is 1.64. The Bertz CT molecular complexity index is 476. The Hall–Kier alpha value is -1.26. The maximum absolute atomic E-state index is 5.92. The summed E-state index contributed by atoms with van der Waals surface area (Å²) in [6.07, 6.45) is 2.34. The second kappa shape index (κ2) is 11.3. The first kappa shape index (κ1) is 19.1. The first-order valence-electron chi connectivity index (χ1n) is 8.14. The van der Waals surface area contributed by atoms with Gasteiger partial charge in [0.1, 0.15) is 0 Å². The maximum Gasteiger partial charge on any atom is 0.228 e. The molecule has 1 aromatic heterocycles. The second-order valence-electron chi connectivity index (χ2n) is 5.21. The third kappa shape index (κ3) is 7.54. The molecule has 2 rings (SSSR count). The van der Waals surface area contributed by atoms with E-state index in [1.165, 1.54) is 0 Å². The Morgan fingerprint density at radius 3 is 2.54 bits per heavy atom. The van der Waals surface area contributed by atoms with Gasteiger partial charge in [-0.05, 0) is 24.4 Å². The molecule has 1 aromatic rings. The van der Waals surface area contributed by atoms with Crippen molar-refractivity contribution in [3.63, 3.8) is 0 Å². The van der Waals surface area contributed by atoms with Gasteiger partial charge in [-0.1, -0.05) is 0 Å². The lowest BCUT2D eigenvalue weighted by atomic mass is 10.2. The molecule has 4 N–H and O–H groups in total. The third-order valence-electron chi connectivity index (χ3n) is 3.28. The Morgan fingerprint density at radius 1 is 1.08 bits per heavy atom. The van der Waals surface area contributed by atoms with E-state index in [4.69, 9.17) is 31.5 Å². The highest BCUT2D eigenvalue weighted by Gasteiger charge is 2.15. The molecule has 10 heteroatoms. The fraction of sp³-hybridized carbons (Fsp3) is 0.786. The monoisotopic (exact) mass is 360 g/mol. The van der Waals surface area contributed by atoms with Gasteiger partial charge in [0.25, 0.3) is 0 Å². The summed E-state index contributed by atoms with van der Waals surface area (Å²) in [7, 11) is 0. The molecule has 0 bridgehead atoms. The molecule has 0 spiro atoms. The molecule has 1 aliphatic heterocycles. The average Bonchev–Trinajstić information content (AvgIpc) is 3.08. The van der Waals surface area contributed by atoms with E-state index in [-0.39, 0.29) is 11.4 Å². The van der Waals surface area contributed by atoms with Crippen molar-refractivity contribution in [2.24, 2.45) is 5.73 Å². The van der Waals surface area contributed by atoms with Crippen LogP contribution in [0.1, 0.15) is 12.8 Å². The van der Waals surface area contributed by atoms with Gasteiger partial charge in [0.15, 0.2) is 0 Å². The summed E-state index contributed by atoms with van der Waals surface area (Å²) in [6.45, 7) is 4.66. The van der Waals surface area contributed by atoms with Crippen LogP contribution in [-0.2, 0) is 14.2 Å². The number of hydrogen-bond acceptors (Lipinski definition) is 9. The van der Waals surface area contributed by atoms with Crippen molar-refractivity contribution in [2.75, 3.05) is 63.3 Å². The van der Waals surface area contributed by atoms with Gasteiger partial charge in [-0.3, -0.25) is 0 Å². The van der Waals surface area contributed by atoms with Crippen molar-refractivity contribution in [1.29, 1.82) is 0 Å². The van der Waals surface area contributed by atoms with Crippen molar-refractivity contribution in [2.45, 2.75) is 18.9 Å². The molecule has 1 unspecified atom stereocenters. The molecular formula is C14H25ClN6O3. The van der Waals surface area contributed by atoms with Crippen LogP contribution in [0.2, 0.25) is 5.28 Å². The van der Waals surface area contributed by atoms with Crippen LogP contribution in [-0.4, -0.2) is 73.7 Å². The van der Waals surface area contributed by atoms with E-state index in [1.807, 2.05) is 0 Å². The van der Waals surface area contributed by atoms with Gasteiger partial charge in [-0.2, -0.15) is 15.0 Å². The lowest BCUT2D eigenvalue weighted by molar-refractivity contribution is 0.0547. The van der Waals surface area contributed by atoms with E-state index in [0.717, 1.165) is 19.4 Å². The van der Waals surface area contributed by atoms with E-state index >= 15 is 0 Å². The van der Waals surface area contributed by atoms with Crippen LogP contribution in [0.4, 0.5) is 11.9 Å². The normalized spacial score (nSPS) is 17.2. The first-order chi connectivity index (χ1) is 11.8. The summed E-state index contributed by atoms with van der Waals surface area (Å²) >= 11 is 5.92. The zero-order valence-corrected chi connectivity index (χ0v) is 14.4. The van der Waals surface area contributed by atoms with Crippen LogP contribution in [0, 0.1) is 0 Å². The standard InChI is InChI=1S/C14H25ClN6O3/c15-12-19-13(17-4-7-23-9-8-22-6-3-16)21-14(20-12)18-10-11-2-1-5-24-11/h11H,1-10,16H2,(H2,17,18,19,20,21). The predicted molar refractivity (Wildman–Crippen MR) is 91.5 cm³/mol. The number of hydrogen-bond donors (Lipinski definition) is 3. The van der Waals surface area contributed by atoms with E-state index in [0.29, 0.717) is 58.0 Å². The van der Waals surface area contributed by atoms with Crippen molar-refractivity contribution >= 4 is 23.5 Å². The molecular weight excluding hydrogens is 336 g/mol. The van der Waals surface area contributed by atoms with Crippen LogP contribution < -0.4 is 16.4 Å². The van der Waals surface area contributed by atoms with E-state index in [1.54, 1.807) is 0 Å². The minimum Gasteiger partial charge on any atom is -0.378 e. The molecule has 0 aliphatic carbocycles. The molecule has 1 fully saturated rings. The smallest absolute Gasteiger partial charge is 0.228 e. The number of halogens is 1. The molecule has 2 heterocycles. The molecule has 1 atom stereocenters. The van der Waals surface area contributed by atoms with Gasteiger partial charge in [0, 0.05) is 26.2 Å². The molecule has 24 heavy (non-hydrogen) atoms. The summed E-state index contributed by atoms with van der Waals surface area (Å²) in [5, 5.41) is 6.32. The molecule has 136 valence electrons. The number of aromatic nitrogens is 3. The average molecular weight is 361 g/mol. The predicted octanol–water partition coefficient (Wildman–Crippen LogP) is 0.520. The molecule has 0 amide bonds. The summed E-state index contributed by atoms with van der Waals surface area (Å²) in [4.78, 5) is 12.4. The zero-order chi connectivity index (χ0) is 17.0. The van der Waals surface area contributed by atoms with Crippen molar-refractivity contribution < 1.29 is 14.2 Å². The summed E-state index contributed by atoms with van der Waals surface area (Å²) < 4.78 is 16.2. The highest BCUT2D eigenvalue weighted by atomic mass is 35.5. The van der Waals surface area contributed by atoms with Gasteiger partial charge < -0.3 is 30.6 Å². The number of anilines is 2. The van der Waals surface area contributed by atoms with Crippen LogP contribution in [0.25, 0.3) is 0 Å². The third-order valence-corrected chi connectivity index (χ3v) is 3.45. The SMILES string of the molecule is NCCOCCOCCNc1nc(Cl)nc(NCC2CCCO2)n1. The summed E-state index contributed by atoms with van der Waals surface area (Å²) in [5.74, 6) is 0.844. The van der Waals surface area contributed by atoms with Gasteiger partial charge in [0.2, 0.25) is 17.2 Å². The van der Waals surface area contributed by atoms with E-state index < -0.39 is 0 Å². The van der Waals surface area contributed by atoms with Gasteiger partial charge in [-0.15, -0.1) is 0 Å². The number of nitrogens with zero attached hydrogens (tertiary/aromatic N) is 3. The van der Waals surface area contributed by atoms with Crippen LogP contribution >= 0.6 is 11.6 Å². The van der Waals surface area contributed by atoms with Gasteiger partial charge in [-0.25, -0.2) is 0 Å². The second-order valence-corrected chi connectivity index (χ2v) is 5.55. The van der Waals surface area contributed by atoms with Crippen LogP contribution in [0.5, 0.6) is 0 Å². The molecule has 0 radical (unpaired) electrons. The highest BCUT2D eigenvalue weighted by molar-refractivity contribution is 6.28. The number of rotatable bonds is 12. The zero-order valence-electron chi connectivity index (χ0n) is 13.7. The summed E-state index contributed by atoms with van der Waals surface area (Å²) in [6, 6.07) is 0. The molecule has 1 saturated heterocycles. The lowest BCUT2D eigenvalue weighted by Gasteiger charge is -2.12. The highest BCUT2D eigenvalue weighted by Crippen LogP contribution is 2.14. The Labute approximate surface area is 146 Å². The molecule has 0 aromatic carbocycles. The molecule has 0 saturated carbocycles. The van der Waals surface area contributed by atoms with Gasteiger partial charge in [0.05, 0.1) is 32.5 Å². The van der Waals surface area contributed by atoms with Crippen molar-refractivity contribution in [1.82, 2.24) is 15.0 Å². The lowest BCUT2D eigenvalue weighted by Crippen LogP contribution is -2.20. The largest absolute Gasteiger partial charge is 0.378 e. The minimum atomic E-state index is 0.137. The first-order valence-corrected chi connectivity index (χ1v) is 8.52. The van der Waals surface area contributed by atoms with Crippen LogP contribution in [0.3, 0.4) is 0 Å². The fourth-order valence-corrected chi connectivity index (χ4v) is 2.32. The van der Waals surface area contributed by atoms with Crippen molar-refractivity contribution in [3.05, 3.63) is 5.28 Å². The Kier molecular flexibility index (Phi) is 9.00. The maximum atomic E-state index is 5.92. The minimum absolute atomic E-state index is 0.137. The number of ether oxygens (including phenoxy) is 3. The van der Waals surface area contributed by atoms with Crippen molar-refractivity contribution in [3.8, 4) is 0 Å². The van der Waals surface area contributed by atoms with Crippen LogP contribution in [0.15, 0.2) is 0 Å². The Morgan fingerprint density at radius 2 is 1.83 bits per heavy atom. The molecule has 9 nitrogen and oxygen atoms in total. The quantitative estimate of drug-likeness (QED) is 0.458.